The molecule has 0 spiro atoms. The average Bonchev–Trinajstić information content (AvgIpc) is 2.75. The number of hydrogen-bond acceptors (Lipinski definition) is 4. The minimum Gasteiger partial charge on any atom is -0.457 e. The number of benzene rings is 3. The fourth-order valence-electron chi connectivity index (χ4n) is 2.72. The Hall–Kier alpha value is -3.23. The van der Waals surface area contributed by atoms with Gasteiger partial charge in [0.15, 0.2) is 0 Å². The largest absolute Gasteiger partial charge is 0.457 e. The lowest BCUT2D eigenvalue weighted by Crippen LogP contribution is -2.25. The number of sulfonamides is 1. The Morgan fingerprint density at radius 1 is 0.967 bits per heavy atom. The van der Waals surface area contributed by atoms with E-state index in [4.69, 9.17) is 4.74 Å². The van der Waals surface area contributed by atoms with Crippen molar-refractivity contribution in [2.45, 2.75) is 18.4 Å². The van der Waals surface area contributed by atoms with E-state index in [-0.39, 0.29) is 23.2 Å². The lowest BCUT2D eigenvalue weighted by molar-refractivity contribution is 0.0950. The first kappa shape index (κ1) is 21.5. The summed E-state index contributed by atoms with van der Waals surface area (Å²) in [5, 5.41) is 2.79. The number of carbonyl (C=O) groups excluding carboxylic acids is 1. The van der Waals surface area contributed by atoms with Crippen molar-refractivity contribution in [3.05, 3.63) is 89.2 Å². The fraction of sp³-hybridized carbons (Fsp3) is 0.136. The number of amides is 1. The molecule has 0 radical (unpaired) electrons. The van der Waals surface area contributed by atoms with Crippen LogP contribution in [0.2, 0.25) is 0 Å². The zero-order valence-electron chi connectivity index (χ0n) is 16.5. The van der Waals surface area contributed by atoms with Crippen LogP contribution in [0.5, 0.6) is 11.5 Å². The number of hydrogen-bond donors (Lipinski definition) is 2. The van der Waals surface area contributed by atoms with Crippen molar-refractivity contribution in [1.82, 2.24) is 10.0 Å². The molecule has 0 aromatic heterocycles. The van der Waals surface area contributed by atoms with Crippen LogP contribution in [0.4, 0.5) is 4.39 Å². The van der Waals surface area contributed by atoms with E-state index in [0.717, 1.165) is 5.56 Å². The van der Waals surface area contributed by atoms with E-state index in [2.05, 4.69) is 10.0 Å². The van der Waals surface area contributed by atoms with Gasteiger partial charge in [0.2, 0.25) is 10.0 Å². The third-order valence-corrected chi connectivity index (χ3v) is 5.87. The summed E-state index contributed by atoms with van der Waals surface area (Å²) < 4.78 is 44.8. The molecule has 0 aliphatic rings. The van der Waals surface area contributed by atoms with Crippen molar-refractivity contribution >= 4 is 15.9 Å². The first-order valence-corrected chi connectivity index (χ1v) is 10.6. The standard InChI is InChI=1S/C22H21FN2O4S/c1-15-3-12-20(30(27,28)24-2)13-21(15)22(26)25-14-16-4-8-18(9-5-16)29-19-10-6-17(23)7-11-19/h3-13,24H,14H2,1-2H3,(H,25,26). The van der Waals surface area contributed by atoms with E-state index in [1.165, 1.54) is 43.4 Å². The van der Waals surface area contributed by atoms with Gasteiger partial charge in [-0.2, -0.15) is 0 Å². The van der Waals surface area contributed by atoms with Crippen molar-refractivity contribution < 1.29 is 22.3 Å². The Bertz CT molecular complexity index is 1140. The number of nitrogens with one attached hydrogen (secondary N) is 2. The SMILES string of the molecule is CNS(=O)(=O)c1ccc(C)c(C(=O)NCc2ccc(Oc3ccc(F)cc3)cc2)c1. The van der Waals surface area contributed by atoms with Gasteiger partial charge >= 0.3 is 0 Å². The molecule has 3 aromatic rings. The Balaban J connectivity index is 1.65. The van der Waals surface area contributed by atoms with E-state index < -0.39 is 10.0 Å². The zero-order valence-corrected chi connectivity index (χ0v) is 17.3. The Morgan fingerprint density at radius 2 is 1.57 bits per heavy atom. The highest BCUT2D eigenvalue weighted by Gasteiger charge is 2.16. The van der Waals surface area contributed by atoms with Gasteiger partial charge in [0.25, 0.3) is 5.91 Å². The molecule has 156 valence electrons. The molecular formula is C22H21FN2O4S. The second-order valence-electron chi connectivity index (χ2n) is 6.57. The molecule has 0 aliphatic heterocycles. The molecule has 1 amide bonds. The Labute approximate surface area is 174 Å². The van der Waals surface area contributed by atoms with Crippen molar-refractivity contribution in [3.63, 3.8) is 0 Å². The first-order chi connectivity index (χ1) is 14.3. The van der Waals surface area contributed by atoms with Crippen molar-refractivity contribution in [2.24, 2.45) is 0 Å². The summed E-state index contributed by atoms with van der Waals surface area (Å²) in [6.07, 6.45) is 0. The Morgan fingerprint density at radius 3 is 2.17 bits per heavy atom. The van der Waals surface area contributed by atoms with E-state index >= 15 is 0 Å². The zero-order chi connectivity index (χ0) is 21.7. The third kappa shape index (κ3) is 5.22. The second kappa shape index (κ2) is 9.06. The van der Waals surface area contributed by atoms with Crippen LogP contribution >= 0.6 is 0 Å². The van der Waals surface area contributed by atoms with E-state index in [1.807, 2.05) is 0 Å². The highest BCUT2D eigenvalue weighted by atomic mass is 32.2. The molecule has 0 saturated heterocycles. The Kier molecular flexibility index (Phi) is 6.49. The molecule has 0 saturated carbocycles. The maximum Gasteiger partial charge on any atom is 0.251 e. The van der Waals surface area contributed by atoms with Crippen LogP contribution in [-0.4, -0.2) is 21.4 Å². The number of aryl methyl sites for hydroxylation is 1. The molecule has 3 aromatic carbocycles. The first-order valence-electron chi connectivity index (χ1n) is 9.13. The molecule has 0 atom stereocenters. The van der Waals surface area contributed by atoms with Gasteiger partial charge in [-0.3, -0.25) is 4.79 Å². The minimum absolute atomic E-state index is 0.0306. The van der Waals surface area contributed by atoms with Crippen LogP contribution in [0.3, 0.4) is 0 Å². The molecule has 0 unspecified atom stereocenters. The molecule has 0 bridgehead atoms. The van der Waals surface area contributed by atoms with Crippen LogP contribution in [0.25, 0.3) is 0 Å². The molecule has 0 fully saturated rings. The van der Waals surface area contributed by atoms with Gasteiger partial charge in [0.1, 0.15) is 17.3 Å². The summed E-state index contributed by atoms with van der Waals surface area (Å²) in [6, 6.07) is 17.2. The second-order valence-corrected chi connectivity index (χ2v) is 8.45. The molecule has 3 rings (SSSR count). The summed E-state index contributed by atoms with van der Waals surface area (Å²) in [5.41, 5.74) is 1.81. The molecule has 0 heterocycles. The molecule has 8 heteroatoms. The van der Waals surface area contributed by atoms with Crippen LogP contribution in [0, 0.1) is 12.7 Å². The van der Waals surface area contributed by atoms with Gasteiger partial charge in [-0.1, -0.05) is 18.2 Å². The highest BCUT2D eigenvalue weighted by molar-refractivity contribution is 7.89. The number of halogens is 1. The van der Waals surface area contributed by atoms with Gasteiger partial charge in [-0.05, 0) is 73.6 Å². The molecule has 0 aliphatic carbocycles. The highest BCUT2D eigenvalue weighted by Crippen LogP contribution is 2.22. The topological polar surface area (TPSA) is 84.5 Å². The van der Waals surface area contributed by atoms with Crippen molar-refractivity contribution in [3.8, 4) is 11.5 Å². The van der Waals surface area contributed by atoms with Crippen molar-refractivity contribution in [2.75, 3.05) is 7.05 Å². The molecule has 6 nitrogen and oxygen atoms in total. The summed E-state index contributed by atoms with van der Waals surface area (Å²) in [7, 11) is -2.32. The third-order valence-electron chi connectivity index (χ3n) is 4.46. The predicted octanol–water partition coefficient (Wildman–Crippen LogP) is 3.76. The predicted molar refractivity (Wildman–Crippen MR) is 112 cm³/mol. The van der Waals surface area contributed by atoms with Crippen LogP contribution in [0.15, 0.2) is 71.6 Å². The van der Waals surface area contributed by atoms with Crippen molar-refractivity contribution in [1.29, 1.82) is 0 Å². The van der Waals surface area contributed by atoms with Crippen LogP contribution in [-0.2, 0) is 16.6 Å². The summed E-state index contributed by atoms with van der Waals surface area (Å²) in [6.45, 7) is 2.00. The fourth-order valence-corrected chi connectivity index (χ4v) is 3.48. The van der Waals surface area contributed by atoms with Gasteiger partial charge in [-0.15, -0.1) is 0 Å². The number of rotatable bonds is 7. The monoisotopic (exact) mass is 428 g/mol. The summed E-state index contributed by atoms with van der Waals surface area (Å²) in [4.78, 5) is 12.6. The molecule has 2 N–H and O–H groups in total. The smallest absolute Gasteiger partial charge is 0.251 e. The number of carbonyl (C=O) groups is 1. The normalized spacial score (nSPS) is 11.2. The van der Waals surface area contributed by atoms with E-state index in [0.29, 0.717) is 22.6 Å². The van der Waals surface area contributed by atoms with E-state index in [1.54, 1.807) is 37.3 Å². The lowest BCUT2D eigenvalue weighted by atomic mass is 10.1. The lowest BCUT2D eigenvalue weighted by Gasteiger charge is -2.11. The summed E-state index contributed by atoms with van der Waals surface area (Å²) in [5.74, 6) is 0.395. The molecule has 30 heavy (non-hydrogen) atoms. The van der Waals surface area contributed by atoms with Crippen LogP contribution in [0.1, 0.15) is 21.5 Å². The van der Waals surface area contributed by atoms with Gasteiger partial charge in [0, 0.05) is 12.1 Å². The summed E-state index contributed by atoms with van der Waals surface area (Å²) >= 11 is 0. The maximum atomic E-state index is 13.0. The maximum absolute atomic E-state index is 13.0. The minimum atomic E-state index is -3.64. The van der Waals surface area contributed by atoms with Gasteiger partial charge in [-0.25, -0.2) is 17.5 Å². The van der Waals surface area contributed by atoms with Gasteiger partial charge in [0.05, 0.1) is 4.90 Å². The average molecular weight is 428 g/mol. The molecular weight excluding hydrogens is 407 g/mol. The number of ether oxygens (including phenoxy) is 1. The van der Waals surface area contributed by atoms with E-state index in [9.17, 15) is 17.6 Å². The quantitative estimate of drug-likeness (QED) is 0.600. The van der Waals surface area contributed by atoms with Crippen LogP contribution < -0.4 is 14.8 Å². The van der Waals surface area contributed by atoms with Gasteiger partial charge < -0.3 is 10.1 Å².